The molecule has 0 bridgehead atoms. The third-order valence-corrected chi connectivity index (χ3v) is 4.31. The van der Waals surface area contributed by atoms with Crippen molar-refractivity contribution in [2.24, 2.45) is 5.92 Å². The first kappa shape index (κ1) is 15.0. The molecule has 0 aromatic carbocycles. The highest BCUT2D eigenvalue weighted by Gasteiger charge is 2.45. The maximum Gasteiger partial charge on any atom is 0.191 e. The Morgan fingerprint density at radius 3 is 3.00 bits per heavy atom. The van der Waals surface area contributed by atoms with Crippen LogP contribution in [0.4, 0.5) is 4.39 Å². The van der Waals surface area contributed by atoms with Crippen LogP contribution < -0.4 is 0 Å². The van der Waals surface area contributed by atoms with E-state index in [-0.39, 0.29) is 5.92 Å². The van der Waals surface area contributed by atoms with Gasteiger partial charge >= 0.3 is 0 Å². The molecule has 2 aromatic heterocycles. The van der Waals surface area contributed by atoms with Crippen molar-refractivity contribution in [2.75, 3.05) is 6.61 Å². The fraction of sp³-hybridized carbons (Fsp3) is 0.600. The molecule has 0 N–H and O–H groups in total. The van der Waals surface area contributed by atoms with E-state index in [1.54, 1.807) is 6.92 Å². The first-order chi connectivity index (χ1) is 10.4. The molecule has 1 fully saturated rings. The largest absolute Gasteiger partial charge is 0.352 e. The van der Waals surface area contributed by atoms with Gasteiger partial charge in [0.15, 0.2) is 23.1 Å². The van der Waals surface area contributed by atoms with Gasteiger partial charge in [-0.05, 0) is 38.2 Å². The van der Waals surface area contributed by atoms with Gasteiger partial charge in [0.05, 0.1) is 12.3 Å². The number of halogens is 1. The number of nitrogens with zero attached hydrogens (tertiary/aromatic N) is 5. The molecule has 7 heteroatoms. The summed E-state index contributed by atoms with van der Waals surface area (Å²) in [5.74, 6) is 0.283. The monoisotopic (exact) mass is 305 g/mol. The molecular weight excluding hydrogens is 285 g/mol. The molecule has 2 aromatic rings. The minimum absolute atomic E-state index is 0.283. The summed E-state index contributed by atoms with van der Waals surface area (Å²) in [6.07, 6.45) is 1.60. The first-order valence-electron chi connectivity index (χ1n) is 7.42. The molecule has 1 saturated heterocycles. The lowest BCUT2D eigenvalue weighted by Gasteiger charge is -2.32. The number of hydrogen-bond donors (Lipinski definition) is 0. The van der Waals surface area contributed by atoms with E-state index in [1.807, 2.05) is 13.8 Å². The third-order valence-electron chi connectivity index (χ3n) is 4.31. The van der Waals surface area contributed by atoms with Gasteiger partial charge in [-0.15, -0.1) is 5.10 Å². The van der Waals surface area contributed by atoms with Gasteiger partial charge in [-0.1, -0.05) is 18.7 Å². The Morgan fingerprint density at radius 2 is 2.27 bits per heavy atom. The summed E-state index contributed by atoms with van der Waals surface area (Å²) < 4.78 is 22.9. The third kappa shape index (κ3) is 2.29. The Hall–Kier alpha value is -1.89. The second kappa shape index (κ2) is 5.39. The molecule has 6 nitrogen and oxygen atoms in total. The van der Waals surface area contributed by atoms with Gasteiger partial charge in [-0.2, -0.15) is 4.68 Å². The number of fused-ring (bicyclic) bond motifs is 1. The van der Waals surface area contributed by atoms with E-state index >= 15 is 4.39 Å². The van der Waals surface area contributed by atoms with Gasteiger partial charge in [0, 0.05) is 0 Å². The van der Waals surface area contributed by atoms with Gasteiger partial charge in [0.2, 0.25) is 0 Å². The highest BCUT2D eigenvalue weighted by Crippen LogP contribution is 2.42. The smallest absolute Gasteiger partial charge is 0.191 e. The lowest BCUT2D eigenvalue weighted by atomic mass is 9.89. The van der Waals surface area contributed by atoms with Crippen molar-refractivity contribution in [3.63, 3.8) is 0 Å². The second-order valence-corrected chi connectivity index (χ2v) is 6.14. The average Bonchev–Trinajstić information content (AvgIpc) is 2.84. The summed E-state index contributed by atoms with van der Waals surface area (Å²) >= 11 is 0. The topological polar surface area (TPSA) is 65.7 Å². The van der Waals surface area contributed by atoms with Crippen molar-refractivity contribution < 1.29 is 9.13 Å². The molecule has 0 saturated carbocycles. The Morgan fingerprint density at radius 1 is 1.50 bits per heavy atom. The standard InChI is InChI=1S/C15H20FN5O/c1-9(2)15(16)6-5-10(3)7-22-14(15)21-13-12(19-20-21)11(4)17-8-18-13/h8,10,14H,1,5-7H2,2-4H3/t10?,14-,15?/m1/s1. The van der Waals surface area contributed by atoms with Crippen molar-refractivity contribution in [3.05, 3.63) is 24.2 Å². The van der Waals surface area contributed by atoms with Gasteiger partial charge in [-0.3, -0.25) is 0 Å². The lowest BCUT2D eigenvalue weighted by Crippen LogP contribution is -2.37. The zero-order chi connectivity index (χ0) is 15.9. The quantitative estimate of drug-likeness (QED) is 0.798. The van der Waals surface area contributed by atoms with Crippen LogP contribution in [0, 0.1) is 12.8 Å². The molecule has 1 aliphatic heterocycles. The number of alkyl halides is 1. The summed E-state index contributed by atoms with van der Waals surface area (Å²) in [6.45, 7) is 9.85. The van der Waals surface area contributed by atoms with Crippen molar-refractivity contribution in [2.45, 2.75) is 45.5 Å². The number of aryl methyl sites for hydroxylation is 1. The Kier molecular flexibility index (Phi) is 3.68. The fourth-order valence-electron chi connectivity index (χ4n) is 2.77. The number of hydrogen-bond acceptors (Lipinski definition) is 5. The summed E-state index contributed by atoms with van der Waals surface area (Å²) in [5, 5.41) is 8.16. The minimum Gasteiger partial charge on any atom is -0.352 e. The normalized spacial score (nSPS) is 29.5. The Labute approximate surface area is 128 Å². The van der Waals surface area contributed by atoms with Crippen molar-refractivity contribution in [1.29, 1.82) is 0 Å². The minimum atomic E-state index is -1.69. The zero-order valence-corrected chi connectivity index (χ0v) is 13.1. The SMILES string of the molecule is C=C(C)C1(F)CCC(C)CO[C@H]1n1nnc2c(C)ncnc21. The molecule has 3 rings (SSSR count). The molecular formula is C15H20FN5O. The van der Waals surface area contributed by atoms with Crippen molar-refractivity contribution >= 4 is 11.2 Å². The van der Waals surface area contributed by atoms with Crippen LogP contribution in [0.2, 0.25) is 0 Å². The average molecular weight is 305 g/mol. The van der Waals surface area contributed by atoms with Crippen LogP contribution >= 0.6 is 0 Å². The number of aromatic nitrogens is 5. The van der Waals surface area contributed by atoms with Crippen LogP contribution in [0.25, 0.3) is 11.2 Å². The highest BCUT2D eigenvalue weighted by molar-refractivity contribution is 5.71. The van der Waals surface area contributed by atoms with E-state index < -0.39 is 11.9 Å². The van der Waals surface area contributed by atoms with Gasteiger partial charge in [0.25, 0.3) is 0 Å². The van der Waals surface area contributed by atoms with Crippen molar-refractivity contribution in [3.8, 4) is 0 Å². The van der Waals surface area contributed by atoms with Crippen LogP contribution in [0.5, 0.6) is 0 Å². The Balaban J connectivity index is 2.13. The van der Waals surface area contributed by atoms with E-state index in [9.17, 15) is 0 Å². The van der Waals surface area contributed by atoms with E-state index in [1.165, 1.54) is 11.0 Å². The van der Waals surface area contributed by atoms with E-state index in [0.717, 1.165) is 6.42 Å². The van der Waals surface area contributed by atoms with Crippen molar-refractivity contribution in [1.82, 2.24) is 25.0 Å². The van der Waals surface area contributed by atoms with E-state index in [0.29, 0.717) is 35.5 Å². The molecule has 0 aliphatic carbocycles. The second-order valence-electron chi connectivity index (χ2n) is 6.14. The lowest BCUT2D eigenvalue weighted by molar-refractivity contribution is -0.0881. The molecule has 3 atom stereocenters. The fourth-order valence-corrected chi connectivity index (χ4v) is 2.77. The summed E-state index contributed by atoms with van der Waals surface area (Å²) in [5.41, 5.74) is 0.492. The van der Waals surface area contributed by atoms with E-state index in [4.69, 9.17) is 4.74 Å². The molecule has 2 unspecified atom stereocenters. The predicted molar refractivity (Wildman–Crippen MR) is 79.9 cm³/mol. The maximum absolute atomic E-state index is 15.6. The molecule has 3 heterocycles. The molecule has 118 valence electrons. The van der Waals surface area contributed by atoms with E-state index in [2.05, 4.69) is 26.9 Å². The number of rotatable bonds is 2. The van der Waals surface area contributed by atoms with Gasteiger partial charge in [0.1, 0.15) is 6.33 Å². The summed E-state index contributed by atoms with van der Waals surface area (Å²) in [6, 6.07) is 0. The first-order valence-corrected chi connectivity index (χ1v) is 7.42. The van der Waals surface area contributed by atoms with Gasteiger partial charge < -0.3 is 4.74 Å². The number of ether oxygens (including phenoxy) is 1. The Bertz CT molecular complexity index is 715. The highest BCUT2D eigenvalue weighted by atomic mass is 19.1. The van der Waals surface area contributed by atoms with Gasteiger partial charge in [-0.25, -0.2) is 14.4 Å². The zero-order valence-electron chi connectivity index (χ0n) is 13.1. The molecule has 1 aliphatic rings. The van der Waals surface area contributed by atoms with Crippen LogP contribution in [-0.4, -0.2) is 37.2 Å². The van der Waals surface area contributed by atoms with Crippen LogP contribution in [0.1, 0.15) is 38.6 Å². The maximum atomic E-state index is 15.6. The molecule has 0 amide bonds. The predicted octanol–water partition coefficient (Wildman–Crippen LogP) is 2.76. The molecule has 0 spiro atoms. The van der Waals surface area contributed by atoms with Crippen LogP contribution in [-0.2, 0) is 4.74 Å². The van der Waals surface area contributed by atoms with Crippen LogP contribution in [0.3, 0.4) is 0 Å². The molecule has 22 heavy (non-hydrogen) atoms. The molecule has 0 radical (unpaired) electrons. The summed E-state index contributed by atoms with van der Waals surface area (Å²) in [7, 11) is 0. The van der Waals surface area contributed by atoms with Crippen LogP contribution in [0.15, 0.2) is 18.5 Å². The summed E-state index contributed by atoms with van der Waals surface area (Å²) in [4.78, 5) is 8.29.